The molecule has 0 spiro atoms. The zero-order valence-corrected chi connectivity index (χ0v) is 31.8. The van der Waals surface area contributed by atoms with Gasteiger partial charge in [-0.25, -0.2) is 28.6 Å². The van der Waals surface area contributed by atoms with Crippen molar-refractivity contribution < 1.29 is 85.3 Å². The molecule has 2 aromatic heterocycles. The number of aldehydes is 1. The third-order valence-electron chi connectivity index (χ3n) is 7.06. The van der Waals surface area contributed by atoms with Crippen LogP contribution in [-0.4, -0.2) is 130 Å². The molecule has 1 aliphatic heterocycles. The van der Waals surface area contributed by atoms with Crippen LogP contribution in [0.5, 0.6) is 0 Å². The summed E-state index contributed by atoms with van der Waals surface area (Å²) in [5.41, 5.74) is 4.22. The van der Waals surface area contributed by atoms with E-state index in [1.54, 1.807) is 0 Å². The molecule has 0 aromatic carbocycles. The number of amides is 3. The highest BCUT2D eigenvalue weighted by Crippen LogP contribution is 2.61. The number of carbonyl (C=O) groups excluding carboxylic acids is 4. The summed E-state index contributed by atoms with van der Waals surface area (Å²) in [6.07, 6.45) is -6.86. The van der Waals surface area contributed by atoms with E-state index in [-0.39, 0.29) is 48.7 Å². The summed E-state index contributed by atoms with van der Waals surface area (Å²) < 4.78 is 64.3. The van der Waals surface area contributed by atoms with Crippen molar-refractivity contribution in [2.24, 2.45) is 5.41 Å². The van der Waals surface area contributed by atoms with Gasteiger partial charge < -0.3 is 55.7 Å². The van der Waals surface area contributed by atoms with Crippen molar-refractivity contribution in [2.45, 2.75) is 57.3 Å². The molecule has 1 saturated heterocycles. The van der Waals surface area contributed by atoms with Gasteiger partial charge in [0, 0.05) is 30.7 Å². The van der Waals surface area contributed by atoms with Crippen LogP contribution in [0.1, 0.15) is 32.9 Å². The fourth-order valence-electron chi connectivity index (χ4n) is 4.43. The highest BCUT2D eigenvalue weighted by molar-refractivity contribution is 7.97. The number of nitrogens with one attached hydrogen (secondary N) is 3. The van der Waals surface area contributed by atoms with Crippen LogP contribution >= 0.6 is 35.4 Å². The van der Waals surface area contributed by atoms with Crippen LogP contribution in [0, 0.1) is 5.41 Å². The lowest BCUT2D eigenvalue weighted by molar-refractivity contribution is -0.137. The normalized spacial score (nSPS) is 21.9. The Morgan fingerprint density at radius 2 is 1.76 bits per heavy atom. The number of aliphatic hydroxyl groups is 2. The predicted octanol–water partition coefficient (Wildman–Crippen LogP) is -2.24. The van der Waals surface area contributed by atoms with Crippen molar-refractivity contribution in [3.05, 3.63) is 12.7 Å². The molecule has 0 bridgehead atoms. The van der Waals surface area contributed by atoms with Gasteiger partial charge in [-0.3, -0.25) is 37.2 Å². The number of hydrogen-bond acceptors (Lipinski definition) is 19. The summed E-state index contributed by atoms with van der Waals surface area (Å²) in [7, 11) is -16.4. The molecule has 2 aromatic rings. The Kier molecular flexibility index (Phi) is 16.2. The van der Waals surface area contributed by atoms with Gasteiger partial charge >= 0.3 is 23.5 Å². The molecule has 2 unspecified atom stereocenters. The van der Waals surface area contributed by atoms with Crippen molar-refractivity contribution in [3.63, 3.8) is 0 Å². The van der Waals surface area contributed by atoms with Crippen LogP contribution in [0.15, 0.2) is 12.7 Å². The lowest BCUT2D eigenvalue weighted by Gasteiger charge is -2.30. The van der Waals surface area contributed by atoms with Gasteiger partial charge in [0.15, 0.2) is 17.7 Å². The Hall–Kier alpha value is -2.97. The lowest BCUT2D eigenvalue weighted by Crippen LogP contribution is -2.46. The molecular weight excluding hydrogens is 813 g/mol. The molecule has 0 saturated carbocycles. The van der Waals surface area contributed by atoms with Crippen molar-refractivity contribution in [2.75, 3.05) is 37.8 Å². The number of phosphoric ester groups is 3. The molecule has 0 radical (unpaired) electrons. The number of anilines is 1. The summed E-state index contributed by atoms with van der Waals surface area (Å²) in [6.45, 7) is 0.350. The largest absolute Gasteiger partial charge is 0.481 e. The molecule has 3 rings (SSSR count). The van der Waals surface area contributed by atoms with E-state index in [2.05, 4.69) is 39.1 Å². The van der Waals surface area contributed by atoms with E-state index < -0.39 is 90.5 Å². The molecule has 26 nitrogen and oxygen atoms in total. The maximum atomic E-state index is 12.6. The fraction of sp³-hybridized carbons (Fsp3) is 0.625. The standard InChI is InChI=1S/C24H39N8O18P3S/c1-24(2,19(37)22(38)27-5-3-14(34)26-6-8-54-31-15(35)4-7-33)10-47-53(44,45)50-52(42,43)46-9-13-18(49-51(39,40)41)17(36)23(48-13)32-12-30-16-20(25)28-11-29-21(16)32/h7,11-13,17-19,23,36-37H,3-6,8-10H2,1-2H3,(H,26,34)(H,27,38)(H,31,35)(H,42,43)(H,44,45)(H2,25,28,29)(H2,39,40,41)/t13-,17-,18-,19+,23-/m1/s1. The number of ether oxygens (including phenoxy) is 1. The third kappa shape index (κ3) is 13.6. The Balaban J connectivity index is 1.50. The first-order chi connectivity index (χ1) is 25.1. The Labute approximate surface area is 309 Å². The van der Waals surface area contributed by atoms with E-state index in [4.69, 9.17) is 19.5 Å². The van der Waals surface area contributed by atoms with E-state index in [9.17, 15) is 62.7 Å². The van der Waals surface area contributed by atoms with Crippen LogP contribution in [-0.2, 0) is 55.5 Å². The van der Waals surface area contributed by atoms with Gasteiger partial charge in [-0.15, -0.1) is 0 Å². The minimum absolute atomic E-state index is 0.0237. The van der Waals surface area contributed by atoms with Crippen LogP contribution in [0.25, 0.3) is 11.2 Å². The van der Waals surface area contributed by atoms with Gasteiger partial charge in [0.1, 0.15) is 42.5 Å². The first kappa shape index (κ1) is 45.4. The van der Waals surface area contributed by atoms with Gasteiger partial charge in [0.05, 0.1) is 26.0 Å². The third-order valence-corrected chi connectivity index (χ3v) is 10.9. The molecule has 30 heteroatoms. The van der Waals surface area contributed by atoms with Crippen LogP contribution < -0.4 is 21.1 Å². The summed E-state index contributed by atoms with van der Waals surface area (Å²) in [5, 5.41) is 26.2. The Bertz CT molecular complexity index is 1800. The molecule has 11 N–H and O–H groups in total. The van der Waals surface area contributed by atoms with Crippen molar-refractivity contribution >= 4 is 76.4 Å². The number of nitrogens with two attached hydrogens (primary N) is 1. The predicted molar refractivity (Wildman–Crippen MR) is 181 cm³/mol. The van der Waals surface area contributed by atoms with E-state index in [1.165, 1.54) is 13.8 Å². The monoisotopic (exact) mass is 852 g/mol. The zero-order chi connectivity index (χ0) is 40.5. The summed E-state index contributed by atoms with van der Waals surface area (Å²) >= 11 is 0.976. The molecule has 54 heavy (non-hydrogen) atoms. The number of nitrogen functional groups attached to an aromatic ring is 1. The number of aliphatic hydroxyl groups excluding tert-OH is 2. The second kappa shape index (κ2) is 19.3. The smallest absolute Gasteiger partial charge is 0.386 e. The minimum atomic E-state index is -5.58. The molecule has 1 aliphatic rings. The molecule has 0 aliphatic carbocycles. The first-order valence-electron chi connectivity index (χ1n) is 15.3. The molecule has 3 amide bonds. The molecular formula is C24H39N8O18P3S. The fourth-order valence-corrected chi connectivity index (χ4v) is 7.81. The second-order valence-electron chi connectivity index (χ2n) is 11.8. The second-order valence-corrected chi connectivity index (χ2v) is 17.0. The number of rotatable bonds is 22. The van der Waals surface area contributed by atoms with Crippen LogP contribution in [0.4, 0.5) is 5.82 Å². The van der Waals surface area contributed by atoms with Crippen LogP contribution in [0.3, 0.4) is 0 Å². The topological polar surface area (TPSA) is 393 Å². The number of hydrogen-bond donors (Lipinski definition) is 10. The number of phosphoric acid groups is 3. The van der Waals surface area contributed by atoms with Crippen molar-refractivity contribution in [1.82, 2.24) is 34.9 Å². The van der Waals surface area contributed by atoms with Gasteiger partial charge in [-0.2, -0.15) is 4.31 Å². The maximum absolute atomic E-state index is 12.6. The molecule has 304 valence electrons. The number of aromatic nitrogens is 4. The zero-order valence-electron chi connectivity index (χ0n) is 28.3. The molecule has 7 atom stereocenters. The average Bonchev–Trinajstić information content (AvgIpc) is 3.62. The highest BCUT2D eigenvalue weighted by atomic mass is 32.2. The summed E-state index contributed by atoms with van der Waals surface area (Å²) in [6, 6.07) is 0. The quantitative estimate of drug-likeness (QED) is 0.0197. The lowest BCUT2D eigenvalue weighted by atomic mass is 9.87. The summed E-state index contributed by atoms with van der Waals surface area (Å²) in [4.78, 5) is 96.7. The number of nitrogens with zero attached hydrogens (tertiary/aromatic N) is 4. The highest BCUT2D eigenvalue weighted by Gasteiger charge is 2.50. The van der Waals surface area contributed by atoms with Crippen molar-refractivity contribution in [1.29, 1.82) is 0 Å². The maximum Gasteiger partial charge on any atom is 0.481 e. The van der Waals surface area contributed by atoms with E-state index in [1.807, 2.05) is 0 Å². The van der Waals surface area contributed by atoms with Gasteiger partial charge in [0.2, 0.25) is 17.7 Å². The van der Waals surface area contributed by atoms with Crippen LogP contribution in [0.2, 0.25) is 0 Å². The number of fused-ring (bicyclic) bond motifs is 1. The molecule has 3 heterocycles. The van der Waals surface area contributed by atoms with E-state index >= 15 is 0 Å². The summed E-state index contributed by atoms with van der Waals surface area (Å²) in [5.74, 6) is -1.73. The van der Waals surface area contributed by atoms with Crippen molar-refractivity contribution in [3.8, 4) is 0 Å². The van der Waals surface area contributed by atoms with E-state index in [0.717, 1.165) is 29.2 Å². The SMILES string of the molecule is CC(C)(COP(=O)(O)OP(=O)(O)OC[C@H]1O[C@@H](n2cnc3c(N)ncnc32)[C@H](O)[C@@H]1OP(=O)(O)O)[C@@H](O)C(=O)NCCC(=O)NCCSNC(=O)CC=O. The van der Waals surface area contributed by atoms with Gasteiger partial charge in [0.25, 0.3) is 0 Å². The Morgan fingerprint density at radius 1 is 1.07 bits per heavy atom. The minimum Gasteiger partial charge on any atom is -0.386 e. The Morgan fingerprint density at radius 3 is 2.43 bits per heavy atom. The first-order valence-corrected chi connectivity index (χ1v) is 20.8. The van der Waals surface area contributed by atoms with Gasteiger partial charge in [-0.05, 0) is 11.9 Å². The van der Waals surface area contributed by atoms with E-state index in [0.29, 0.717) is 6.29 Å². The number of imidazole rings is 1. The van der Waals surface area contributed by atoms with Gasteiger partial charge in [-0.1, -0.05) is 13.8 Å². The molecule has 1 fully saturated rings. The number of carbonyl (C=O) groups is 4. The average molecular weight is 853 g/mol.